The Balaban J connectivity index is 2.77. The Morgan fingerprint density at radius 1 is 1.04 bits per heavy atom. The van der Waals surface area contributed by atoms with Gasteiger partial charge >= 0.3 is 12.1 Å². The zero-order valence-electron chi connectivity index (χ0n) is 17.5. The Kier molecular flexibility index (Phi) is 9.48. The molecule has 1 aromatic rings. The van der Waals surface area contributed by atoms with Crippen molar-refractivity contribution in [3.8, 4) is 0 Å². The highest BCUT2D eigenvalue weighted by Gasteiger charge is 2.23. The van der Waals surface area contributed by atoms with Crippen LogP contribution in [-0.4, -0.2) is 36.7 Å². The number of nitrogens with one attached hydrogen (secondary N) is 2. The van der Waals surface area contributed by atoms with E-state index in [1.54, 1.807) is 32.9 Å². The number of ether oxygens (including phenoxy) is 2. The zero-order valence-corrected chi connectivity index (χ0v) is 17.5. The molecule has 0 aliphatic heterocycles. The number of hydrogen-bond acceptors (Lipinski definition) is 5. The zero-order chi connectivity index (χ0) is 21.2. The van der Waals surface area contributed by atoms with Crippen LogP contribution in [0.2, 0.25) is 0 Å². The number of carbonyl (C=O) groups excluding carboxylic acids is 3. The van der Waals surface area contributed by atoms with Gasteiger partial charge in [-0.3, -0.25) is 9.59 Å². The monoisotopic (exact) mass is 392 g/mol. The molecule has 0 fully saturated rings. The number of alkyl carbamates (subject to hydrolysis) is 1. The lowest BCUT2D eigenvalue weighted by Gasteiger charge is -2.22. The third kappa shape index (κ3) is 8.88. The molecular weight excluding hydrogens is 360 g/mol. The number of esters is 1. The minimum atomic E-state index is -0.609. The van der Waals surface area contributed by atoms with E-state index >= 15 is 0 Å². The van der Waals surface area contributed by atoms with Gasteiger partial charge in [0.2, 0.25) is 5.91 Å². The van der Waals surface area contributed by atoms with Crippen LogP contribution in [0.1, 0.15) is 64.5 Å². The molecule has 2 amide bonds. The summed E-state index contributed by atoms with van der Waals surface area (Å²) in [6, 6.07) is 7.24. The van der Waals surface area contributed by atoms with Crippen LogP contribution in [-0.2, 0) is 25.7 Å². The molecule has 1 aromatic carbocycles. The minimum Gasteiger partial charge on any atom is -0.461 e. The number of benzene rings is 1. The van der Waals surface area contributed by atoms with Gasteiger partial charge in [-0.15, -0.1) is 0 Å². The molecule has 1 rings (SSSR count). The summed E-state index contributed by atoms with van der Waals surface area (Å²) in [6.45, 7) is 9.90. The first-order chi connectivity index (χ1) is 13.2. The maximum atomic E-state index is 12.4. The van der Waals surface area contributed by atoms with E-state index in [0.717, 1.165) is 17.5 Å². The summed E-state index contributed by atoms with van der Waals surface area (Å²) in [7, 11) is 0. The molecule has 0 aromatic heterocycles. The summed E-state index contributed by atoms with van der Waals surface area (Å²) < 4.78 is 10.4. The first-order valence-corrected chi connectivity index (χ1v) is 9.65. The molecule has 7 heteroatoms. The van der Waals surface area contributed by atoms with Crippen LogP contribution in [0.25, 0.3) is 0 Å². The standard InChI is InChI=1S/C21H32N2O5/c1-6-8-18(24)27-14-15-9-11-16(12-10-15)17(19(25)22-7-2)13-23-20(26)28-21(3,4)5/h9-12,17H,6-8,13-14H2,1-5H3,(H,22,25)(H,23,26). The largest absolute Gasteiger partial charge is 0.461 e. The average molecular weight is 392 g/mol. The van der Waals surface area contributed by atoms with Gasteiger partial charge in [-0.25, -0.2) is 4.79 Å². The van der Waals surface area contributed by atoms with Gasteiger partial charge in [0.1, 0.15) is 12.2 Å². The number of amides is 2. The number of hydrogen-bond donors (Lipinski definition) is 2. The van der Waals surface area contributed by atoms with Gasteiger partial charge < -0.3 is 20.1 Å². The van der Waals surface area contributed by atoms with Crippen LogP contribution in [0.5, 0.6) is 0 Å². The van der Waals surface area contributed by atoms with Crippen LogP contribution in [0.4, 0.5) is 4.79 Å². The molecule has 0 heterocycles. The molecule has 156 valence electrons. The lowest BCUT2D eigenvalue weighted by atomic mass is 9.97. The third-order valence-corrected chi connectivity index (χ3v) is 3.75. The summed E-state index contributed by atoms with van der Waals surface area (Å²) in [5, 5.41) is 5.44. The fourth-order valence-electron chi connectivity index (χ4n) is 2.45. The average Bonchev–Trinajstić information content (AvgIpc) is 2.60. The third-order valence-electron chi connectivity index (χ3n) is 3.75. The molecule has 0 spiro atoms. The van der Waals surface area contributed by atoms with Crippen molar-refractivity contribution < 1.29 is 23.9 Å². The Bertz CT molecular complexity index is 650. The Hall–Kier alpha value is -2.57. The van der Waals surface area contributed by atoms with Crippen molar-refractivity contribution in [2.24, 2.45) is 0 Å². The quantitative estimate of drug-likeness (QED) is 0.629. The molecule has 0 saturated heterocycles. The van der Waals surface area contributed by atoms with E-state index in [-0.39, 0.29) is 25.0 Å². The number of rotatable bonds is 9. The second-order valence-corrected chi connectivity index (χ2v) is 7.48. The number of carbonyl (C=O) groups is 3. The highest BCUT2D eigenvalue weighted by molar-refractivity contribution is 5.84. The molecule has 0 radical (unpaired) electrons. The summed E-state index contributed by atoms with van der Waals surface area (Å²) in [5.74, 6) is -0.960. The van der Waals surface area contributed by atoms with E-state index in [1.807, 2.05) is 26.0 Å². The fraction of sp³-hybridized carbons (Fsp3) is 0.571. The van der Waals surface area contributed by atoms with E-state index in [9.17, 15) is 14.4 Å². The van der Waals surface area contributed by atoms with E-state index in [4.69, 9.17) is 9.47 Å². The second kappa shape index (κ2) is 11.3. The molecular formula is C21H32N2O5. The van der Waals surface area contributed by atoms with Crippen LogP contribution < -0.4 is 10.6 Å². The van der Waals surface area contributed by atoms with E-state index < -0.39 is 17.6 Å². The van der Waals surface area contributed by atoms with Crippen molar-refractivity contribution in [3.05, 3.63) is 35.4 Å². The Labute approximate surface area is 167 Å². The highest BCUT2D eigenvalue weighted by atomic mass is 16.6. The lowest BCUT2D eigenvalue weighted by molar-refractivity contribution is -0.145. The first kappa shape index (κ1) is 23.5. The predicted molar refractivity (Wildman–Crippen MR) is 107 cm³/mol. The lowest BCUT2D eigenvalue weighted by Crippen LogP contribution is -2.39. The molecule has 7 nitrogen and oxygen atoms in total. The molecule has 1 atom stereocenters. The van der Waals surface area contributed by atoms with Crippen molar-refractivity contribution in [2.75, 3.05) is 13.1 Å². The SMILES string of the molecule is CCCC(=O)OCc1ccc(C(CNC(=O)OC(C)(C)C)C(=O)NCC)cc1. The van der Waals surface area contributed by atoms with E-state index in [2.05, 4.69) is 10.6 Å². The number of likely N-dealkylation sites (N-methyl/N-ethyl adjacent to an activating group) is 1. The van der Waals surface area contributed by atoms with Crippen molar-refractivity contribution in [3.63, 3.8) is 0 Å². The molecule has 1 unspecified atom stereocenters. The van der Waals surface area contributed by atoms with Crippen LogP contribution in [0.15, 0.2) is 24.3 Å². The van der Waals surface area contributed by atoms with Crippen LogP contribution in [0, 0.1) is 0 Å². The topological polar surface area (TPSA) is 93.7 Å². The smallest absolute Gasteiger partial charge is 0.407 e. The molecule has 0 saturated carbocycles. The summed E-state index contributed by atoms with van der Waals surface area (Å²) in [6.07, 6.45) is 0.575. The molecule has 2 N–H and O–H groups in total. The molecule has 0 bridgehead atoms. The predicted octanol–water partition coefficient (Wildman–Crippen LogP) is 3.27. The first-order valence-electron chi connectivity index (χ1n) is 9.65. The van der Waals surface area contributed by atoms with Gasteiger partial charge in [0, 0.05) is 19.5 Å². The van der Waals surface area contributed by atoms with Gasteiger partial charge in [-0.1, -0.05) is 31.2 Å². The van der Waals surface area contributed by atoms with Gasteiger partial charge in [0.05, 0.1) is 5.92 Å². The van der Waals surface area contributed by atoms with Crippen molar-refractivity contribution in [1.82, 2.24) is 10.6 Å². The molecule has 0 aliphatic rings. The highest BCUT2D eigenvalue weighted by Crippen LogP contribution is 2.18. The normalized spacial score (nSPS) is 12.0. The van der Waals surface area contributed by atoms with E-state index in [0.29, 0.717) is 13.0 Å². The van der Waals surface area contributed by atoms with Gasteiger partial charge in [-0.05, 0) is 45.2 Å². The molecule has 28 heavy (non-hydrogen) atoms. The van der Waals surface area contributed by atoms with Crippen LogP contribution >= 0.6 is 0 Å². The van der Waals surface area contributed by atoms with Crippen molar-refractivity contribution >= 4 is 18.0 Å². The maximum Gasteiger partial charge on any atom is 0.407 e. The fourth-order valence-corrected chi connectivity index (χ4v) is 2.45. The maximum absolute atomic E-state index is 12.4. The Morgan fingerprint density at radius 3 is 2.21 bits per heavy atom. The van der Waals surface area contributed by atoms with Gasteiger partial charge in [0.25, 0.3) is 0 Å². The summed E-state index contributed by atoms with van der Waals surface area (Å²) in [4.78, 5) is 35.8. The Morgan fingerprint density at radius 2 is 1.68 bits per heavy atom. The summed E-state index contributed by atoms with van der Waals surface area (Å²) >= 11 is 0. The van der Waals surface area contributed by atoms with Crippen molar-refractivity contribution in [1.29, 1.82) is 0 Å². The van der Waals surface area contributed by atoms with Gasteiger partial charge in [-0.2, -0.15) is 0 Å². The second-order valence-electron chi connectivity index (χ2n) is 7.48. The van der Waals surface area contributed by atoms with Crippen molar-refractivity contribution in [2.45, 2.75) is 65.6 Å². The molecule has 0 aliphatic carbocycles. The van der Waals surface area contributed by atoms with Crippen LogP contribution in [0.3, 0.4) is 0 Å². The summed E-state index contributed by atoms with van der Waals surface area (Å²) in [5.41, 5.74) is 0.982. The van der Waals surface area contributed by atoms with Gasteiger partial charge in [0.15, 0.2) is 0 Å². The van der Waals surface area contributed by atoms with E-state index in [1.165, 1.54) is 0 Å². The minimum absolute atomic E-state index is 0.117.